The predicted octanol–water partition coefficient (Wildman–Crippen LogP) is 4.06. The van der Waals surface area contributed by atoms with Crippen LogP contribution in [0.2, 0.25) is 0 Å². The van der Waals surface area contributed by atoms with Crippen LogP contribution in [-0.4, -0.2) is 16.8 Å². The van der Waals surface area contributed by atoms with Crippen LogP contribution >= 0.6 is 11.3 Å². The Hall–Kier alpha value is -1.56. The van der Waals surface area contributed by atoms with Crippen molar-refractivity contribution >= 4 is 32.6 Å². The maximum Gasteiger partial charge on any atom is 0.248 e. The summed E-state index contributed by atoms with van der Waals surface area (Å²) < 4.78 is 27.1. The first-order valence-electron chi connectivity index (χ1n) is 6.58. The quantitative estimate of drug-likeness (QED) is 0.908. The third-order valence-corrected chi connectivity index (χ3v) is 4.56. The van der Waals surface area contributed by atoms with Crippen LogP contribution in [-0.2, 0) is 4.79 Å². The van der Waals surface area contributed by atoms with Crippen LogP contribution in [0.25, 0.3) is 10.2 Å². The fourth-order valence-electron chi connectivity index (χ4n) is 2.44. The number of nitrogens with one attached hydrogen (secondary N) is 1. The average Bonchev–Trinajstić information content (AvgIpc) is 2.80. The van der Waals surface area contributed by atoms with E-state index in [2.05, 4.69) is 10.3 Å². The maximum absolute atomic E-state index is 13.1. The van der Waals surface area contributed by atoms with E-state index in [4.69, 9.17) is 0 Å². The van der Waals surface area contributed by atoms with Crippen LogP contribution in [0, 0.1) is 5.92 Å². The lowest BCUT2D eigenvalue weighted by atomic mass is 9.86. The summed E-state index contributed by atoms with van der Waals surface area (Å²) in [5, 5.41) is 3.29. The van der Waals surface area contributed by atoms with Crippen molar-refractivity contribution in [1.29, 1.82) is 0 Å². The molecule has 1 aromatic carbocycles. The lowest BCUT2D eigenvalue weighted by Gasteiger charge is -2.26. The highest BCUT2D eigenvalue weighted by Gasteiger charge is 2.37. The summed E-state index contributed by atoms with van der Waals surface area (Å²) in [4.78, 5) is 16.4. The highest BCUT2D eigenvalue weighted by atomic mass is 32.1. The van der Waals surface area contributed by atoms with E-state index in [1.807, 2.05) is 24.3 Å². The normalized spacial score (nSPS) is 19.1. The minimum absolute atomic E-state index is 0.195. The van der Waals surface area contributed by atoms with Crippen molar-refractivity contribution in [3.05, 3.63) is 24.3 Å². The zero-order valence-corrected chi connectivity index (χ0v) is 11.6. The van der Waals surface area contributed by atoms with Crippen molar-refractivity contribution < 1.29 is 13.6 Å². The Bertz CT molecular complexity index is 598. The van der Waals surface area contributed by atoms with E-state index in [0.29, 0.717) is 5.13 Å². The fourth-order valence-corrected chi connectivity index (χ4v) is 3.30. The minimum Gasteiger partial charge on any atom is -0.302 e. The Balaban J connectivity index is 1.67. The number of nitrogens with zero attached hydrogens (tertiary/aromatic N) is 1. The Kier molecular flexibility index (Phi) is 3.41. The molecule has 0 spiro atoms. The van der Waals surface area contributed by atoms with Crippen molar-refractivity contribution in [2.75, 3.05) is 5.32 Å². The van der Waals surface area contributed by atoms with E-state index in [1.54, 1.807) is 0 Å². The molecule has 0 unspecified atom stereocenters. The molecule has 3 rings (SSSR count). The number of amides is 1. The number of para-hydroxylation sites is 1. The van der Waals surface area contributed by atoms with Crippen molar-refractivity contribution in [2.24, 2.45) is 5.92 Å². The van der Waals surface area contributed by atoms with E-state index in [0.717, 1.165) is 10.2 Å². The number of halogens is 2. The molecule has 1 aromatic heterocycles. The molecule has 20 heavy (non-hydrogen) atoms. The van der Waals surface area contributed by atoms with Crippen molar-refractivity contribution in [2.45, 2.75) is 31.6 Å². The first kappa shape index (κ1) is 13.4. The van der Waals surface area contributed by atoms with Gasteiger partial charge in [0.2, 0.25) is 11.8 Å². The van der Waals surface area contributed by atoms with Gasteiger partial charge in [0.05, 0.1) is 10.2 Å². The summed E-state index contributed by atoms with van der Waals surface area (Å²) >= 11 is 1.40. The van der Waals surface area contributed by atoms with E-state index in [9.17, 15) is 13.6 Å². The molecule has 1 heterocycles. The molecule has 0 aliphatic heterocycles. The number of rotatable bonds is 2. The van der Waals surface area contributed by atoms with Gasteiger partial charge in [0.25, 0.3) is 0 Å². The average molecular weight is 296 g/mol. The molecule has 0 saturated heterocycles. The summed E-state index contributed by atoms with van der Waals surface area (Å²) in [6.45, 7) is 0. The number of alkyl halides is 2. The van der Waals surface area contributed by atoms with Gasteiger partial charge in [-0.15, -0.1) is 0 Å². The van der Waals surface area contributed by atoms with Gasteiger partial charge in [-0.3, -0.25) is 4.79 Å². The molecule has 1 aliphatic rings. The number of carbonyl (C=O) groups is 1. The maximum atomic E-state index is 13.1. The number of aromatic nitrogens is 1. The smallest absolute Gasteiger partial charge is 0.248 e. The molecule has 2 aromatic rings. The lowest BCUT2D eigenvalue weighted by Crippen LogP contribution is -2.31. The fraction of sp³-hybridized carbons (Fsp3) is 0.429. The van der Waals surface area contributed by atoms with Gasteiger partial charge >= 0.3 is 0 Å². The first-order valence-corrected chi connectivity index (χ1v) is 7.39. The molecule has 1 amide bonds. The molecule has 1 N–H and O–H groups in total. The number of thiazole rings is 1. The third kappa shape index (κ3) is 2.80. The number of carbonyl (C=O) groups excluding carboxylic acids is 1. The van der Waals surface area contributed by atoms with E-state index in [1.165, 1.54) is 11.3 Å². The molecule has 3 nitrogen and oxygen atoms in total. The zero-order valence-electron chi connectivity index (χ0n) is 10.7. The molecule has 0 radical (unpaired) electrons. The van der Waals surface area contributed by atoms with Crippen LogP contribution in [0.1, 0.15) is 25.7 Å². The van der Waals surface area contributed by atoms with E-state index < -0.39 is 5.92 Å². The summed E-state index contributed by atoms with van der Waals surface area (Å²) in [5.74, 6) is -3.13. The van der Waals surface area contributed by atoms with Crippen LogP contribution in [0.4, 0.5) is 13.9 Å². The summed E-state index contributed by atoms with van der Waals surface area (Å²) in [5.41, 5.74) is 0.836. The van der Waals surface area contributed by atoms with Gasteiger partial charge < -0.3 is 5.32 Å². The van der Waals surface area contributed by atoms with Crippen molar-refractivity contribution in [3.63, 3.8) is 0 Å². The van der Waals surface area contributed by atoms with Crippen molar-refractivity contribution in [3.8, 4) is 0 Å². The summed E-state index contributed by atoms with van der Waals surface area (Å²) in [7, 11) is 0. The van der Waals surface area contributed by atoms with Crippen LogP contribution in [0.3, 0.4) is 0 Å². The van der Waals surface area contributed by atoms with Crippen molar-refractivity contribution in [1.82, 2.24) is 4.98 Å². The van der Waals surface area contributed by atoms with E-state index >= 15 is 0 Å². The second-order valence-corrected chi connectivity index (χ2v) is 6.14. The topological polar surface area (TPSA) is 42.0 Å². The van der Waals surface area contributed by atoms with Gasteiger partial charge in [0.1, 0.15) is 0 Å². The molecule has 6 heteroatoms. The molecular weight excluding hydrogens is 282 g/mol. The number of hydrogen-bond donors (Lipinski definition) is 1. The number of benzene rings is 1. The Morgan fingerprint density at radius 3 is 2.70 bits per heavy atom. The lowest BCUT2D eigenvalue weighted by molar-refractivity contribution is -0.124. The second-order valence-electron chi connectivity index (χ2n) is 5.11. The monoisotopic (exact) mass is 296 g/mol. The molecule has 0 atom stereocenters. The molecule has 1 fully saturated rings. The second kappa shape index (κ2) is 5.09. The SMILES string of the molecule is O=C(Nc1nc2ccccc2s1)C1CCC(F)(F)CC1. The van der Waals surface area contributed by atoms with Gasteiger partial charge in [-0.05, 0) is 25.0 Å². The summed E-state index contributed by atoms with van der Waals surface area (Å²) in [6, 6.07) is 7.61. The van der Waals surface area contributed by atoms with Crippen LogP contribution < -0.4 is 5.32 Å². The zero-order chi connectivity index (χ0) is 14.2. The molecule has 1 saturated carbocycles. The summed E-state index contributed by atoms with van der Waals surface area (Å²) in [6.07, 6.45) is 0.0727. The predicted molar refractivity (Wildman–Crippen MR) is 75.2 cm³/mol. The highest BCUT2D eigenvalue weighted by Crippen LogP contribution is 2.36. The Morgan fingerprint density at radius 1 is 1.30 bits per heavy atom. The number of fused-ring (bicyclic) bond motifs is 1. The van der Waals surface area contributed by atoms with Gasteiger partial charge in [0, 0.05) is 18.8 Å². The Morgan fingerprint density at radius 2 is 2.00 bits per heavy atom. The number of hydrogen-bond acceptors (Lipinski definition) is 3. The standard InChI is InChI=1S/C14H14F2N2OS/c15-14(16)7-5-9(6-8-14)12(19)18-13-17-10-3-1-2-4-11(10)20-13/h1-4,9H,5-8H2,(H,17,18,19). The molecule has 1 aliphatic carbocycles. The molecule has 0 bridgehead atoms. The van der Waals surface area contributed by atoms with Gasteiger partial charge in [-0.1, -0.05) is 23.5 Å². The molecular formula is C14H14F2N2OS. The van der Waals surface area contributed by atoms with Gasteiger partial charge in [-0.25, -0.2) is 13.8 Å². The van der Waals surface area contributed by atoms with Gasteiger partial charge in [0.15, 0.2) is 5.13 Å². The first-order chi connectivity index (χ1) is 9.53. The highest BCUT2D eigenvalue weighted by molar-refractivity contribution is 7.22. The third-order valence-electron chi connectivity index (χ3n) is 3.61. The minimum atomic E-state index is -2.60. The van der Waals surface area contributed by atoms with Gasteiger partial charge in [-0.2, -0.15) is 0 Å². The number of anilines is 1. The van der Waals surface area contributed by atoms with Crippen LogP contribution in [0.5, 0.6) is 0 Å². The molecule has 106 valence electrons. The van der Waals surface area contributed by atoms with E-state index in [-0.39, 0.29) is 37.5 Å². The van der Waals surface area contributed by atoms with Crippen LogP contribution in [0.15, 0.2) is 24.3 Å². The Labute approximate surface area is 119 Å². The largest absolute Gasteiger partial charge is 0.302 e.